The Morgan fingerprint density at radius 2 is 1.45 bits per heavy atom. The smallest absolute Gasteiger partial charge is 0.244 e. The number of carbonyl (C=O) groups is 1. The highest BCUT2D eigenvalue weighted by molar-refractivity contribution is 7.89. The summed E-state index contributed by atoms with van der Waals surface area (Å²) in [5.74, 6) is -0.718. The van der Waals surface area contributed by atoms with Crippen LogP contribution in [0.2, 0.25) is 5.02 Å². The molecule has 0 saturated carbocycles. The highest BCUT2D eigenvalue weighted by Gasteiger charge is 2.40. The number of nitrogens with one attached hydrogen (secondary N) is 2. The number of halogens is 1. The number of nitrogens with zero attached hydrogens (tertiary/aromatic N) is 1. The fraction of sp³-hybridized carbons (Fsp3) is 0.207. The first-order valence-corrected chi connectivity index (χ1v) is 14.2. The number of hydrogen-bond acceptors (Lipinski definition) is 3. The van der Waals surface area contributed by atoms with Crippen molar-refractivity contribution < 1.29 is 13.2 Å². The number of aromatic amines is 2. The van der Waals surface area contributed by atoms with Gasteiger partial charge in [-0.2, -0.15) is 4.31 Å². The highest BCUT2D eigenvalue weighted by atomic mass is 35.5. The van der Waals surface area contributed by atoms with Gasteiger partial charge in [-0.25, -0.2) is 8.42 Å². The molecule has 1 amide bonds. The van der Waals surface area contributed by atoms with Crippen LogP contribution < -0.4 is 5.73 Å². The monoisotopic (exact) mass is 548 g/mol. The number of aromatic nitrogens is 2. The van der Waals surface area contributed by atoms with Crippen LogP contribution >= 0.6 is 11.6 Å². The summed E-state index contributed by atoms with van der Waals surface area (Å²) in [4.78, 5) is 19.5. The molecule has 5 rings (SSSR count). The molecule has 2 unspecified atom stereocenters. The van der Waals surface area contributed by atoms with E-state index in [2.05, 4.69) is 9.97 Å². The maximum absolute atomic E-state index is 14.3. The van der Waals surface area contributed by atoms with Crippen molar-refractivity contribution in [2.45, 2.75) is 43.7 Å². The van der Waals surface area contributed by atoms with Gasteiger partial charge in [0, 0.05) is 51.7 Å². The van der Waals surface area contributed by atoms with E-state index in [0.717, 1.165) is 32.9 Å². The molecular weight excluding hydrogens is 520 g/mol. The lowest BCUT2D eigenvalue weighted by molar-refractivity contribution is -0.122. The van der Waals surface area contributed by atoms with E-state index in [9.17, 15) is 13.2 Å². The lowest BCUT2D eigenvalue weighted by atomic mass is 10.0. The molecule has 0 fully saturated rings. The number of para-hydroxylation sites is 2. The van der Waals surface area contributed by atoms with Crippen LogP contribution in [0.5, 0.6) is 0 Å². The van der Waals surface area contributed by atoms with Gasteiger partial charge in [0.25, 0.3) is 0 Å². The topological polar surface area (TPSA) is 112 Å². The molecule has 5 aromatic rings. The molecule has 0 saturated heterocycles. The largest absolute Gasteiger partial charge is 0.368 e. The number of fused-ring (bicyclic) bond motifs is 2. The molecule has 0 spiro atoms. The molecule has 0 aliphatic carbocycles. The van der Waals surface area contributed by atoms with Crippen molar-refractivity contribution in [2.24, 2.45) is 5.73 Å². The van der Waals surface area contributed by atoms with Gasteiger partial charge in [-0.3, -0.25) is 4.79 Å². The van der Waals surface area contributed by atoms with Crippen LogP contribution in [0.4, 0.5) is 0 Å². The Hall–Kier alpha value is -3.59. The Kier molecular flexibility index (Phi) is 7.05. The summed E-state index contributed by atoms with van der Waals surface area (Å²) in [6, 6.07) is 18.6. The van der Waals surface area contributed by atoms with Crippen LogP contribution in [0, 0.1) is 6.92 Å². The number of benzene rings is 3. The first-order chi connectivity index (χ1) is 18.2. The summed E-state index contributed by atoms with van der Waals surface area (Å²) in [5.41, 5.74) is 10.0. The predicted molar refractivity (Wildman–Crippen MR) is 152 cm³/mol. The van der Waals surface area contributed by atoms with Gasteiger partial charge in [0.05, 0.1) is 4.90 Å². The molecule has 0 aliphatic rings. The molecular formula is C29H29ClN4O3S. The Labute approximate surface area is 226 Å². The van der Waals surface area contributed by atoms with Gasteiger partial charge in [0.15, 0.2) is 0 Å². The zero-order valence-corrected chi connectivity index (χ0v) is 22.7. The van der Waals surface area contributed by atoms with Crippen molar-refractivity contribution in [3.63, 3.8) is 0 Å². The van der Waals surface area contributed by atoms with Gasteiger partial charge < -0.3 is 15.7 Å². The standard InChI is InChI=1S/C29H29ClN4O3S/c1-18(14-20-16-32-25-11-5-3-8-22(20)25)34(38(36,37)28-13-7-10-24(30)19(28)2)27(29(31)35)15-21-17-33-26-12-6-4-9-23(21)26/h3-13,16-18,27,32-33H,14-15H2,1-2H3,(H2,31,35). The van der Waals surface area contributed by atoms with Gasteiger partial charge in [0.2, 0.25) is 15.9 Å². The van der Waals surface area contributed by atoms with Gasteiger partial charge in [0.1, 0.15) is 6.04 Å². The molecule has 38 heavy (non-hydrogen) atoms. The third-order valence-corrected chi connectivity index (χ3v) is 9.70. The summed E-state index contributed by atoms with van der Waals surface area (Å²) in [6.07, 6.45) is 4.19. The number of rotatable bonds is 9. The average molecular weight is 549 g/mol. The number of primary amides is 1. The van der Waals surface area contributed by atoms with E-state index < -0.39 is 28.0 Å². The molecule has 0 aliphatic heterocycles. The van der Waals surface area contributed by atoms with E-state index in [1.807, 2.05) is 61.7 Å². The van der Waals surface area contributed by atoms with Crippen LogP contribution in [0.25, 0.3) is 21.8 Å². The van der Waals surface area contributed by atoms with Gasteiger partial charge in [-0.15, -0.1) is 0 Å². The molecule has 9 heteroatoms. The fourth-order valence-corrected chi connectivity index (χ4v) is 7.49. The van der Waals surface area contributed by atoms with E-state index in [0.29, 0.717) is 17.0 Å². The normalized spacial score (nSPS) is 13.8. The van der Waals surface area contributed by atoms with Crippen molar-refractivity contribution in [1.82, 2.24) is 14.3 Å². The Morgan fingerprint density at radius 1 is 0.895 bits per heavy atom. The number of nitrogens with two attached hydrogens (primary N) is 1. The van der Waals surface area contributed by atoms with Crippen molar-refractivity contribution in [1.29, 1.82) is 0 Å². The second-order valence-corrected chi connectivity index (χ2v) is 11.8. The van der Waals surface area contributed by atoms with Crippen molar-refractivity contribution >= 4 is 49.3 Å². The van der Waals surface area contributed by atoms with Crippen LogP contribution in [0.15, 0.2) is 84.0 Å². The number of sulfonamides is 1. The molecule has 196 valence electrons. The molecule has 3 aromatic carbocycles. The van der Waals surface area contributed by atoms with Crippen molar-refractivity contribution in [3.8, 4) is 0 Å². The average Bonchev–Trinajstić information content (AvgIpc) is 3.49. The number of carbonyl (C=O) groups excluding carboxylic acids is 1. The maximum atomic E-state index is 14.3. The van der Waals surface area contributed by atoms with Gasteiger partial charge in [-0.05, 0) is 61.2 Å². The minimum Gasteiger partial charge on any atom is -0.368 e. The van der Waals surface area contributed by atoms with E-state index >= 15 is 0 Å². The summed E-state index contributed by atoms with van der Waals surface area (Å²) in [5, 5.41) is 2.25. The van der Waals surface area contributed by atoms with Crippen molar-refractivity contribution in [3.05, 3.63) is 101 Å². The summed E-state index contributed by atoms with van der Waals surface area (Å²) in [7, 11) is -4.18. The predicted octanol–water partition coefficient (Wildman–Crippen LogP) is 5.33. The molecule has 0 radical (unpaired) electrons. The Morgan fingerprint density at radius 3 is 2.03 bits per heavy atom. The third kappa shape index (κ3) is 4.71. The lowest BCUT2D eigenvalue weighted by Crippen LogP contribution is -2.53. The minimum absolute atomic E-state index is 0.0564. The van der Waals surface area contributed by atoms with Crippen LogP contribution in [-0.4, -0.2) is 40.7 Å². The molecule has 2 aromatic heterocycles. The molecule has 2 heterocycles. The van der Waals surface area contributed by atoms with Crippen LogP contribution in [0.1, 0.15) is 23.6 Å². The van der Waals surface area contributed by atoms with Crippen LogP contribution in [0.3, 0.4) is 0 Å². The zero-order valence-electron chi connectivity index (χ0n) is 21.1. The first kappa shape index (κ1) is 26.0. The number of hydrogen-bond donors (Lipinski definition) is 3. The molecule has 2 atom stereocenters. The van der Waals surface area contributed by atoms with Gasteiger partial charge >= 0.3 is 0 Å². The first-order valence-electron chi connectivity index (χ1n) is 12.4. The maximum Gasteiger partial charge on any atom is 0.244 e. The molecule has 4 N–H and O–H groups in total. The zero-order chi connectivity index (χ0) is 27.0. The third-order valence-electron chi connectivity index (χ3n) is 7.12. The SMILES string of the molecule is Cc1c(Cl)cccc1S(=O)(=O)N(C(C)Cc1c[nH]c2ccccc12)C(Cc1c[nH]c2ccccc12)C(N)=O. The summed E-state index contributed by atoms with van der Waals surface area (Å²) < 4.78 is 29.9. The van der Waals surface area contributed by atoms with Gasteiger partial charge in [-0.1, -0.05) is 54.1 Å². The summed E-state index contributed by atoms with van der Waals surface area (Å²) in [6.45, 7) is 3.47. The molecule has 7 nitrogen and oxygen atoms in total. The summed E-state index contributed by atoms with van der Waals surface area (Å²) >= 11 is 6.32. The quantitative estimate of drug-likeness (QED) is 0.231. The van der Waals surface area contributed by atoms with E-state index in [-0.39, 0.29) is 11.3 Å². The van der Waals surface area contributed by atoms with Crippen LogP contribution in [-0.2, 0) is 27.7 Å². The number of amides is 1. The second-order valence-electron chi connectivity index (χ2n) is 9.59. The van der Waals surface area contributed by atoms with E-state index in [4.69, 9.17) is 17.3 Å². The number of H-pyrrole nitrogens is 2. The minimum atomic E-state index is -4.18. The Balaban J connectivity index is 1.62. The van der Waals surface area contributed by atoms with E-state index in [1.54, 1.807) is 25.3 Å². The second kappa shape index (κ2) is 10.3. The fourth-order valence-electron chi connectivity index (χ4n) is 5.23. The highest BCUT2D eigenvalue weighted by Crippen LogP contribution is 2.32. The van der Waals surface area contributed by atoms with E-state index in [1.165, 1.54) is 10.4 Å². The van der Waals surface area contributed by atoms with Crippen molar-refractivity contribution in [2.75, 3.05) is 0 Å². The lowest BCUT2D eigenvalue weighted by Gasteiger charge is -2.34. The molecule has 0 bridgehead atoms. The Bertz CT molecular complexity index is 1740.